The molecule has 2 aromatic rings. The Morgan fingerprint density at radius 3 is 2.38 bits per heavy atom. The Balaban J connectivity index is 1.85. The fraction of sp³-hybridized carbons (Fsp3) is 0.250. The maximum Gasteiger partial charge on any atom is 0.261 e. The van der Waals surface area contributed by atoms with E-state index in [2.05, 4.69) is 20.7 Å². The Bertz CT molecular complexity index is 1020. The molecule has 0 spiro atoms. The molecule has 0 unspecified atom stereocenters. The third-order valence-corrected chi connectivity index (χ3v) is 7.70. The fourth-order valence-electron chi connectivity index (χ4n) is 2.65. The second kappa shape index (κ2) is 7.16. The topological polar surface area (TPSA) is 83.6 Å². The van der Waals surface area contributed by atoms with Gasteiger partial charge in [0, 0.05) is 11.0 Å². The second-order valence-corrected chi connectivity index (χ2v) is 10.4. The molecule has 0 amide bonds. The van der Waals surface area contributed by atoms with Crippen LogP contribution in [0.4, 0.5) is 15.8 Å². The van der Waals surface area contributed by atoms with Gasteiger partial charge in [0.2, 0.25) is 10.0 Å². The molecular formula is C16H16BrFN2O4S2. The van der Waals surface area contributed by atoms with Gasteiger partial charge in [0.1, 0.15) is 5.82 Å². The molecule has 2 aromatic carbocycles. The third kappa shape index (κ3) is 4.02. The van der Waals surface area contributed by atoms with Crippen LogP contribution in [-0.4, -0.2) is 29.1 Å². The average molecular weight is 463 g/mol. The zero-order chi connectivity index (χ0) is 18.9. The molecular weight excluding hydrogens is 447 g/mol. The second-order valence-electron chi connectivity index (χ2n) is 5.82. The normalized spacial score (nSPS) is 17.1. The molecule has 0 saturated carbocycles. The van der Waals surface area contributed by atoms with E-state index in [4.69, 9.17) is 0 Å². The molecule has 3 rings (SSSR count). The molecule has 1 saturated heterocycles. The van der Waals surface area contributed by atoms with Crippen molar-refractivity contribution < 1.29 is 21.2 Å². The van der Waals surface area contributed by atoms with Crippen molar-refractivity contribution in [1.29, 1.82) is 0 Å². The summed E-state index contributed by atoms with van der Waals surface area (Å²) < 4.78 is 66.9. The van der Waals surface area contributed by atoms with Crippen LogP contribution >= 0.6 is 15.9 Å². The molecule has 26 heavy (non-hydrogen) atoms. The number of anilines is 2. The maximum absolute atomic E-state index is 13.9. The predicted octanol–water partition coefficient (Wildman–Crippen LogP) is 3.32. The molecule has 0 bridgehead atoms. The van der Waals surface area contributed by atoms with E-state index in [-0.39, 0.29) is 16.3 Å². The van der Waals surface area contributed by atoms with Crippen molar-refractivity contribution in [2.45, 2.75) is 17.7 Å². The van der Waals surface area contributed by atoms with Crippen molar-refractivity contribution in [1.82, 2.24) is 0 Å². The van der Waals surface area contributed by atoms with Crippen molar-refractivity contribution in [2.75, 3.05) is 21.3 Å². The molecule has 0 radical (unpaired) electrons. The van der Waals surface area contributed by atoms with Crippen molar-refractivity contribution in [3.8, 4) is 0 Å². The Kier molecular flexibility index (Phi) is 5.27. The van der Waals surface area contributed by atoms with E-state index in [9.17, 15) is 21.2 Å². The standard InChI is InChI=1S/C16H16BrFN2O4S2/c17-12-3-8-16(15(18)11-12)19-26(23,24)14-6-4-13(5-7-14)20-9-1-2-10-25(20,21)22/h3-8,11,19H,1-2,9-10H2. The summed E-state index contributed by atoms with van der Waals surface area (Å²) in [5.74, 6) is -0.628. The summed E-state index contributed by atoms with van der Waals surface area (Å²) in [7, 11) is -7.37. The minimum absolute atomic E-state index is 0.0808. The van der Waals surface area contributed by atoms with Gasteiger partial charge in [-0.15, -0.1) is 0 Å². The number of rotatable bonds is 4. The number of sulfonamides is 2. The van der Waals surface area contributed by atoms with Crippen LogP contribution in [0.15, 0.2) is 51.8 Å². The van der Waals surface area contributed by atoms with Gasteiger partial charge in [0.25, 0.3) is 10.0 Å². The highest BCUT2D eigenvalue weighted by Crippen LogP contribution is 2.26. The number of halogens is 2. The Morgan fingerprint density at radius 2 is 1.77 bits per heavy atom. The van der Waals surface area contributed by atoms with E-state index in [0.717, 1.165) is 12.5 Å². The van der Waals surface area contributed by atoms with Crippen LogP contribution in [0, 0.1) is 5.82 Å². The first kappa shape index (κ1) is 19.1. The first-order chi connectivity index (χ1) is 12.2. The van der Waals surface area contributed by atoms with E-state index in [1.54, 1.807) is 0 Å². The molecule has 1 fully saturated rings. The summed E-state index contributed by atoms with van der Waals surface area (Å²) in [6.45, 7) is 0.372. The van der Waals surface area contributed by atoms with Crippen molar-refractivity contribution in [3.63, 3.8) is 0 Å². The summed E-state index contributed by atoms with van der Waals surface area (Å²) >= 11 is 3.10. The molecule has 1 aliphatic rings. The van der Waals surface area contributed by atoms with Gasteiger partial charge in [0.05, 0.1) is 22.0 Å². The SMILES string of the molecule is O=S(=O)(Nc1ccc(Br)cc1F)c1ccc(N2CCCCS2(=O)=O)cc1. The molecule has 140 valence electrons. The van der Waals surface area contributed by atoms with Crippen molar-refractivity contribution in [2.24, 2.45) is 0 Å². The van der Waals surface area contributed by atoms with E-state index >= 15 is 0 Å². The van der Waals surface area contributed by atoms with Crippen LogP contribution in [0.1, 0.15) is 12.8 Å². The van der Waals surface area contributed by atoms with Crippen LogP contribution in [0.25, 0.3) is 0 Å². The Labute approximate surface area is 160 Å². The van der Waals surface area contributed by atoms with E-state index < -0.39 is 25.9 Å². The Morgan fingerprint density at radius 1 is 1.08 bits per heavy atom. The minimum Gasteiger partial charge on any atom is -0.277 e. The minimum atomic E-state index is -4.00. The summed E-state index contributed by atoms with van der Waals surface area (Å²) in [6.07, 6.45) is 1.37. The highest BCUT2D eigenvalue weighted by atomic mass is 79.9. The smallest absolute Gasteiger partial charge is 0.261 e. The van der Waals surface area contributed by atoms with Gasteiger partial charge in [-0.2, -0.15) is 0 Å². The number of hydrogen-bond acceptors (Lipinski definition) is 4. The lowest BCUT2D eigenvalue weighted by molar-refractivity contribution is 0.574. The van der Waals surface area contributed by atoms with Crippen LogP contribution in [0.5, 0.6) is 0 Å². The maximum atomic E-state index is 13.9. The first-order valence-corrected chi connectivity index (χ1v) is 11.7. The summed E-state index contributed by atoms with van der Waals surface area (Å²) in [4.78, 5) is -0.0852. The van der Waals surface area contributed by atoms with Gasteiger partial charge in [-0.1, -0.05) is 15.9 Å². The summed E-state index contributed by atoms with van der Waals surface area (Å²) in [5.41, 5.74) is 0.245. The highest BCUT2D eigenvalue weighted by molar-refractivity contribution is 9.10. The van der Waals surface area contributed by atoms with Gasteiger partial charge in [-0.05, 0) is 55.3 Å². The number of nitrogens with zero attached hydrogens (tertiary/aromatic N) is 1. The molecule has 0 aliphatic carbocycles. The summed E-state index contributed by atoms with van der Waals surface area (Å²) in [6, 6.07) is 9.47. The molecule has 6 nitrogen and oxygen atoms in total. The van der Waals surface area contributed by atoms with E-state index in [1.165, 1.54) is 40.7 Å². The third-order valence-electron chi connectivity index (χ3n) is 3.96. The highest BCUT2D eigenvalue weighted by Gasteiger charge is 2.26. The molecule has 1 N–H and O–H groups in total. The van der Waals surface area contributed by atoms with Crippen LogP contribution in [-0.2, 0) is 20.0 Å². The van der Waals surface area contributed by atoms with Gasteiger partial charge in [0.15, 0.2) is 0 Å². The largest absolute Gasteiger partial charge is 0.277 e. The van der Waals surface area contributed by atoms with Crippen molar-refractivity contribution >= 4 is 47.4 Å². The molecule has 1 aliphatic heterocycles. The lowest BCUT2D eigenvalue weighted by Gasteiger charge is -2.28. The van der Waals surface area contributed by atoms with Crippen LogP contribution in [0.3, 0.4) is 0 Å². The van der Waals surface area contributed by atoms with Gasteiger partial charge in [-0.3, -0.25) is 9.03 Å². The molecule has 0 atom stereocenters. The van der Waals surface area contributed by atoms with Crippen LogP contribution in [0.2, 0.25) is 0 Å². The quantitative estimate of drug-likeness (QED) is 0.754. The fourth-order valence-corrected chi connectivity index (χ4v) is 5.69. The van der Waals surface area contributed by atoms with Gasteiger partial charge < -0.3 is 0 Å². The predicted molar refractivity (Wildman–Crippen MR) is 102 cm³/mol. The lowest BCUT2D eigenvalue weighted by atomic mass is 10.3. The molecule has 10 heteroatoms. The zero-order valence-corrected chi connectivity index (χ0v) is 16.7. The molecule has 0 aromatic heterocycles. The lowest BCUT2D eigenvalue weighted by Crippen LogP contribution is -2.37. The van der Waals surface area contributed by atoms with E-state index in [1.807, 2.05) is 0 Å². The van der Waals surface area contributed by atoms with Crippen LogP contribution < -0.4 is 9.03 Å². The number of benzene rings is 2. The van der Waals surface area contributed by atoms with Gasteiger partial charge in [-0.25, -0.2) is 21.2 Å². The van der Waals surface area contributed by atoms with Gasteiger partial charge >= 0.3 is 0 Å². The summed E-state index contributed by atoms with van der Waals surface area (Å²) in [5, 5.41) is 0. The molecule has 1 heterocycles. The monoisotopic (exact) mass is 462 g/mol. The van der Waals surface area contributed by atoms with E-state index in [0.29, 0.717) is 23.1 Å². The first-order valence-electron chi connectivity index (χ1n) is 7.77. The number of nitrogens with one attached hydrogen (secondary N) is 1. The number of hydrogen-bond donors (Lipinski definition) is 1. The van der Waals surface area contributed by atoms with Crippen molar-refractivity contribution in [3.05, 3.63) is 52.8 Å². The average Bonchev–Trinajstić information content (AvgIpc) is 2.57. The Hall–Kier alpha value is -1.65. The zero-order valence-electron chi connectivity index (χ0n) is 13.5.